The van der Waals surface area contributed by atoms with Crippen LogP contribution in [0.2, 0.25) is 0 Å². The van der Waals surface area contributed by atoms with Crippen LogP contribution in [0.15, 0.2) is 0 Å². The third kappa shape index (κ3) is 3.48. The second kappa shape index (κ2) is 6.24. The highest BCUT2D eigenvalue weighted by Crippen LogP contribution is 2.30. The highest BCUT2D eigenvalue weighted by atomic mass is 16.3. The van der Waals surface area contributed by atoms with Gasteiger partial charge in [-0.3, -0.25) is 4.79 Å². The Hall–Kier alpha value is -0.570. The predicted molar refractivity (Wildman–Crippen MR) is 64.9 cm³/mol. The van der Waals surface area contributed by atoms with Crippen LogP contribution in [0.5, 0.6) is 0 Å². The molecule has 0 heterocycles. The van der Waals surface area contributed by atoms with E-state index in [1.165, 1.54) is 6.42 Å². The summed E-state index contributed by atoms with van der Waals surface area (Å²) in [6, 6.07) is 0. The largest absolute Gasteiger partial charge is 0.396 e. The first-order valence-electron chi connectivity index (χ1n) is 6.44. The van der Waals surface area contributed by atoms with Gasteiger partial charge in [-0.2, -0.15) is 0 Å². The molecule has 1 saturated carbocycles. The van der Waals surface area contributed by atoms with Crippen LogP contribution in [0.3, 0.4) is 0 Å². The normalized spacial score (nSPS) is 27.1. The fraction of sp³-hybridized carbons (Fsp3) is 0.923. The molecule has 0 bridgehead atoms. The molecule has 0 radical (unpaired) electrons. The average molecular weight is 227 g/mol. The molecule has 0 aromatic carbocycles. The molecule has 0 aromatic rings. The summed E-state index contributed by atoms with van der Waals surface area (Å²) >= 11 is 0. The van der Waals surface area contributed by atoms with Crippen molar-refractivity contribution < 1.29 is 9.90 Å². The van der Waals surface area contributed by atoms with Crippen molar-refractivity contribution in [2.45, 2.75) is 40.0 Å². The molecule has 3 nitrogen and oxygen atoms in total. The molecular weight excluding hydrogens is 202 g/mol. The van der Waals surface area contributed by atoms with Crippen LogP contribution in [-0.4, -0.2) is 24.2 Å². The number of amides is 1. The maximum Gasteiger partial charge on any atom is 0.223 e. The van der Waals surface area contributed by atoms with Crippen molar-refractivity contribution in [3.05, 3.63) is 0 Å². The predicted octanol–water partition coefficient (Wildman–Crippen LogP) is 1.80. The molecule has 0 spiro atoms. The lowest BCUT2D eigenvalue weighted by Gasteiger charge is -2.20. The summed E-state index contributed by atoms with van der Waals surface area (Å²) in [6.45, 7) is 7.10. The van der Waals surface area contributed by atoms with E-state index in [1.807, 2.05) is 6.92 Å². The molecule has 1 amide bonds. The zero-order valence-corrected chi connectivity index (χ0v) is 10.7. The van der Waals surface area contributed by atoms with Crippen LogP contribution in [-0.2, 0) is 4.79 Å². The molecule has 1 aliphatic rings. The van der Waals surface area contributed by atoms with Crippen LogP contribution in [0.4, 0.5) is 0 Å². The van der Waals surface area contributed by atoms with Gasteiger partial charge in [-0.1, -0.05) is 27.2 Å². The highest BCUT2D eigenvalue weighted by molar-refractivity contribution is 5.78. The van der Waals surface area contributed by atoms with Gasteiger partial charge in [0.25, 0.3) is 0 Å². The molecule has 2 N–H and O–H groups in total. The van der Waals surface area contributed by atoms with Gasteiger partial charge in [0.15, 0.2) is 0 Å². The number of aliphatic hydroxyl groups is 1. The van der Waals surface area contributed by atoms with Gasteiger partial charge in [-0.15, -0.1) is 0 Å². The lowest BCUT2D eigenvalue weighted by molar-refractivity contribution is -0.125. The van der Waals surface area contributed by atoms with Gasteiger partial charge < -0.3 is 10.4 Å². The minimum atomic E-state index is 0.0778. The monoisotopic (exact) mass is 227 g/mol. The van der Waals surface area contributed by atoms with E-state index in [-0.39, 0.29) is 18.4 Å². The minimum absolute atomic E-state index is 0.0778. The quantitative estimate of drug-likeness (QED) is 0.752. The first-order valence-corrected chi connectivity index (χ1v) is 6.44. The summed E-state index contributed by atoms with van der Waals surface area (Å²) in [5, 5.41) is 12.2. The molecule has 1 aliphatic carbocycles. The van der Waals surface area contributed by atoms with Crippen molar-refractivity contribution >= 4 is 5.91 Å². The SMILES string of the molecule is CC(C)C(C)C(=O)NCC1CCCC1CO. The van der Waals surface area contributed by atoms with Crippen molar-refractivity contribution in [3.63, 3.8) is 0 Å². The first kappa shape index (κ1) is 13.5. The fourth-order valence-corrected chi connectivity index (χ4v) is 2.32. The Kier molecular flexibility index (Phi) is 5.26. The van der Waals surface area contributed by atoms with E-state index in [0.717, 1.165) is 19.4 Å². The van der Waals surface area contributed by atoms with Gasteiger partial charge >= 0.3 is 0 Å². The molecule has 0 saturated heterocycles. The molecular formula is C13H25NO2. The Morgan fingerprint density at radius 3 is 2.50 bits per heavy atom. The van der Waals surface area contributed by atoms with Crippen LogP contribution >= 0.6 is 0 Å². The van der Waals surface area contributed by atoms with E-state index in [0.29, 0.717) is 17.8 Å². The number of carbonyl (C=O) groups excluding carboxylic acids is 1. The topological polar surface area (TPSA) is 49.3 Å². The van der Waals surface area contributed by atoms with Gasteiger partial charge in [0, 0.05) is 19.1 Å². The Bertz CT molecular complexity index is 228. The fourth-order valence-electron chi connectivity index (χ4n) is 2.32. The van der Waals surface area contributed by atoms with Gasteiger partial charge in [-0.05, 0) is 30.6 Å². The van der Waals surface area contributed by atoms with E-state index >= 15 is 0 Å². The number of rotatable bonds is 5. The van der Waals surface area contributed by atoms with Gasteiger partial charge in [0.2, 0.25) is 5.91 Å². The van der Waals surface area contributed by atoms with Crippen molar-refractivity contribution in [2.24, 2.45) is 23.7 Å². The zero-order chi connectivity index (χ0) is 12.1. The van der Waals surface area contributed by atoms with Crippen molar-refractivity contribution in [2.75, 3.05) is 13.2 Å². The second-order valence-corrected chi connectivity index (χ2v) is 5.41. The molecule has 1 rings (SSSR count). The third-order valence-electron chi connectivity index (χ3n) is 4.00. The summed E-state index contributed by atoms with van der Waals surface area (Å²) in [4.78, 5) is 11.8. The maximum absolute atomic E-state index is 11.8. The smallest absolute Gasteiger partial charge is 0.223 e. The van der Waals surface area contributed by atoms with Crippen LogP contribution in [0, 0.1) is 23.7 Å². The Labute approximate surface area is 98.6 Å². The standard InChI is InChI=1S/C13H25NO2/c1-9(2)10(3)13(16)14-7-11-5-4-6-12(11)8-15/h9-12,15H,4-8H2,1-3H3,(H,14,16). The van der Waals surface area contributed by atoms with Gasteiger partial charge in [-0.25, -0.2) is 0 Å². The molecule has 0 aromatic heterocycles. The lowest BCUT2D eigenvalue weighted by atomic mass is 9.95. The molecule has 1 fully saturated rings. The first-order chi connectivity index (χ1) is 7.56. The summed E-state index contributed by atoms with van der Waals surface area (Å²) < 4.78 is 0. The Balaban J connectivity index is 2.31. The van der Waals surface area contributed by atoms with E-state index < -0.39 is 0 Å². The summed E-state index contributed by atoms with van der Waals surface area (Å²) in [5.74, 6) is 1.49. The number of carbonyl (C=O) groups is 1. The number of aliphatic hydroxyl groups excluding tert-OH is 1. The van der Waals surface area contributed by atoms with Crippen molar-refractivity contribution in [3.8, 4) is 0 Å². The molecule has 0 aliphatic heterocycles. The molecule has 3 unspecified atom stereocenters. The molecule has 3 atom stereocenters. The van der Waals surface area contributed by atoms with Gasteiger partial charge in [0.1, 0.15) is 0 Å². The van der Waals surface area contributed by atoms with E-state index in [2.05, 4.69) is 19.2 Å². The second-order valence-electron chi connectivity index (χ2n) is 5.41. The van der Waals surface area contributed by atoms with Gasteiger partial charge in [0.05, 0.1) is 0 Å². The number of hydrogen-bond donors (Lipinski definition) is 2. The van der Waals surface area contributed by atoms with E-state index in [9.17, 15) is 9.90 Å². The summed E-state index contributed by atoms with van der Waals surface area (Å²) in [7, 11) is 0. The maximum atomic E-state index is 11.8. The van der Waals surface area contributed by atoms with Crippen LogP contribution in [0.1, 0.15) is 40.0 Å². The van der Waals surface area contributed by atoms with E-state index in [4.69, 9.17) is 0 Å². The summed E-state index contributed by atoms with van der Waals surface area (Å²) in [6.07, 6.45) is 3.43. The van der Waals surface area contributed by atoms with Crippen LogP contribution in [0.25, 0.3) is 0 Å². The summed E-state index contributed by atoms with van der Waals surface area (Å²) in [5.41, 5.74) is 0. The average Bonchev–Trinajstić information content (AvgIpc) is 2.71. The van der Waals surface area contributed by atoms with Crippen molar-refractivity contribution in [1.29, 1.82) is 0 Å². The molecule has 16 heavy (non-hydrogen) atoms. The molecule has 3 heteroatoms. The highest BCUT2D eigenvalue weighted by Gasteiger charge is 2.27. The number of hydrogen-bond acceptors (Lipinski definition) is 2. The van der Waals surface area contributed by atoms with E-state index in [1.54, 1.807) is 0 Å². The lowest BCUT2D eigenvalue weighted by Crippen LogP contribution is -2.36. The van der Waals surface area contributed by atoms with Crippen LogP contribution < -0.4 is 5.32 Å². The third-order valence-corrected chi connectivity index (χ3v) is 4.00. The Morgan fingerprint density at radius 1 is 1.31 bits per heavy atom. The zero-order valence-electron chi connectivity index (χ0n) is 10.7. The molecule has 94 valence electrons. The Morgan fingerprint density at radius 2 is 1.94 bits per heavy atom. The minimum Gasteiger partial charge on any atom is -0.396 e. The number of nitrogens with one attached hydrogen (secondary N) is 1. The van der Waals surface area contributed by atoms with Crippen molar-refractivity contribution in [1.82, 2.24) is 5.32 Å².